The van der Waals surface area contributed by atoms with Crippen LogP contribution in [0.4, 0.5) is 10.1 Å². The molecule has 1 unspecified atom stereocenters. The van der Waals surface area contributed by atoms with Crippen molar-refractivity contribution in [2.24, 2.45) is 0 Å². The van der Waals surface area contributed by atoms with E-state index in [0.717, 1.165) is 17.4 Å². The van der Waals surface area contributed by atoms with E-state index in [4.69, 9.17) is 0 Å². The molecule has 100 valence electrons. The Hall–Kier alpha value is -0.610. The van der Waals surface area contributed by atoms with E-state index >= 15 is 0 Å². The van der Waals surface area contributed by atoms with Crippen molar-refractivity contribution in [3.8, 4) is 0 Å². The number of likely N-dealkylation sites (tertiary alicyclic amines) is 1. The van der Waals surface area contributed by atoms with Gasteiger partial charge in [-0.05, 0) is 51.1 Å². The zero-order valence-corrected chi connectivity index (χ0v) is 12.3. The number of benzene rings is 1. The van der Waals surface area contributed by atoms with Gasteiger partial charge in [0.05, 0.1) is 5.69 Å². The molecule has 1 N–H and O–H groups in total. The van der Waals surface area contributed by atoms with E-state index in [1.54, 1.807) is 12.1 Å². The summed E-state index contributed by atoms with van der Waals surface area (Å²) in [5.41, 5.74) is 0.586. The number of nitrogens with zero attached hydrogens (tertiary/aromatic N) is 1. The fraction of sp³-hybridized carbons (Fsp3) is 0.571. The molecule has 18 heavy (non-hydrogen) atoms. The Morgan fingerprint density at radius 1 is 1.44 bits per heavy atom. The van der Waals surface area contributed by atoms with E-state index in [2.05, 4.69) is 33.2 Å². The largest absolute Gasteiger partial charge is 0.383 e. The number of nitrogens with one attached hydrogen (secondary N) is 1. The second kappa shape index (κ2) is 6.53. The van der Waals surface area contributed by atoms with Gasteiger partial charge in [-0.15, -0.1) is 0 Å². The summed E-state index contributed by atoms with van der Waals surface area (Å²) in [6.45, 7) is 2.01. The molecule has 0 radical (unpaired) electrons. The van der Waals surface area contributed by atoms with Gasteiger partial charge in [-0.1, -0.05) is 22.4 Å². The van der Waals surface area contributed by atoms with Gasteiger partial charge in [-0.2, -0.15) is 0 Å². The van der Waals surface area contributed by atoms with E-state index in [1.807, 2.05) is 0 Å². The molecule has 0 aromatic heterocycles. The third-order valence-corrected chi connectivity index (χ3v) is 4.14. The molecule has 1 aromatic rings. The molecular weight excluding hydrogens is 295 g/mol. The lowest BCUT2D eigenvalue weighted by Gasteiger charge is -2.32. The van der Waals surface area contributed by atoms with Gasteiger partial charge < -0.3 is 10.2 Å². The molecule has 2 rings (SSSR count). The summed E-state index contributed by atoms with van der Waals surface area (Å²) in [5, 5.41) is 3.19. The summed E-state index contributed by atoms with van der Waals surface area (Å²) in [7, 11) is 2.18. The molecule has 2 nitrogen and oxygen atoms in total. The Labute approximate surface area is 117 Å². The van der Waals surface area contributed by atoms with Gasteiger partial charge >= 0.3 is 0 Å². The Morgan fingerprint density at radius 3 is 3.06 bits per heavy atom. The normalized spacial score (nSPS) is 20.9. The van der Waals surface area contributed by atoms with Gasteiger partial charge in [0.2, 0.25) is 0 Å². The van der Waals surface area contributed by atoms with Crippen LogP contribution in [0.2, 0.25) is 0 Å². The Morgan fingerprint density at radius 2 is 2.28 bits per heavy atom. The van der Waals surface area contributed by atoms with Crippen LogP contribution in [0.5, 0.6) is 0 Å². The number of piperidine rings is 1. The SMILES string of the molecule is CN1CCCCC1CCNc1cc(Br)ccc1F. The summed E-state index contributed by atoms with van der Waals surface area (Å²) >= 11 is 3.36. The summed E-state index contributed by atoms with van der Waals surface area (Å²) in [5.74, 6) is -0.185. The minimum Gasteiger partial charge on any atom is -0.383 e. The zero-order chi connectivity index (χ0) is 13.0. The van der Waals surface area contributed by atoms with Crippen LogP contribution < -0.4 is 5.32 Å². The number of hydrogen-bond donors (Lipinski definition) is 1. The molecule has 0 amide bonds. The third kappa shape index (κ3) is 3.69. The Balaban J connectivity index is 1.82. The van der Waals surface area contributed by atoms with Crippen LogP contribution in [0.15, 0.2) is 22.7 Å². The highest BCUT2D eigenvalue weighted by Crippen LogP contribution is 2.21. The highest BCUT2D eigenvalue weighted by atomic mass is 79.9. The lowest BCUT2D eigenvalue weighted by Crippen LogP contribution is -2.37. The van der Waals surface area contributed by atoms with Gasteiger partial charge in [0.15, 0.2) is 0 Å². The highest BCUT2D eigenvalue weighted by molar-refractivity contribution is 9.10. The molecule has 0 spiro atoms. The molecule has 1 atom stereocenters. The first-order chi connectivity index (χ1) is 8.66. The van der Waals surface area contributed by atoms with Crippen molar-refractivity contribution in [1.29, 1.82) is 0 Å². The maximum absolute atomic E-state index is 13.5. The fourth-order valence-corrected chi connectivity index (χ4v) is 2.88. The van der Waals surface area contributed by atoms with Crippen LogP contribution in [0.1, 0.15) is 25.7 Å². The maximum atomic E-state index is 13.5. The van der Waals surface area contributed by atoms with Crippen LogP contribution in [0.3, 0.4) is 0 Å². The summed E-state index contributed by atoms with van der Waals surface area (Å²) in [6, 6.07) is 5.63. The van der Waals surface area contributed by atoms with Crippen LogP contribution in [0, 0.1) is 5.82 Å². The average Bonchev–Trinajstić information content (AvgIpc) is 2.36. The fourth-order valence-electron chi connectivity index (χ4n) is 2.52. The Kier molecular flexibility index (Phi) is 5.01. The lowest BCUT2D eigenvalue weighted by molar-refractivity contribution is 0.179. The van der Waals surface area contributed by atoms with E-state index in [-0.39, 0.29) is 5.82 Å². The van der Waals surface area contributed by atoms with Gasteiger partial charge in [0, 0.05) is 17.1 Å². The topological polar surface area (TPSA) is 15.3 Å². The molecule has 1 aliphatic heterocycles. The smallest absolute Gasteiger partial charge is 0.146 e. The molecule has 1 fully saturated rings. The van der Waals surface area contributed by atoms with Gasteiger partial charge in [-0.3, -0.25) is 0 Å². The first kappa shape index (κ1) is 13.8. The average molecular weight is 315 g/mol. The molecule has 4 heteroatoms. The number of hydrogen-bond acceptors (Lipinski definition) is 2. The molecule has 1 aromatic carbocycles. The summed E-state index contributed by atoms with van der Waals surface area (Å²) in [6.07, 6.45) is 4.96. The van der Waals surface area contributed by atoms with Gasteiger partial charge in [-0.25, -0.2) is 4.39 Å². The first-order valence-corrected chi connectivity index (χ1v) is 7.35. The van der Waals surface area contributed by atoms with Crippen molar-refractivity contribution in [3.05, 3.63) is 28.5 Å². The second-order valence-corrected chi connectivity index (χ2v) is 5.89. The third-order valence-electron chi connectivity index (χ3n) is 3.64. The van der Waals surface area contributed by atoms with Crippen LogP contribution >= 0.6 is 15.9 Å². The van der Waals surface area contributed by atoms with Crippen LogP contribution in [-0.2, 0) is 0 Å². The Bertz CT molecular complexity index is 397. The molecule has 1 saturated heterocycles. The second-order valence-electron chi connectivity index (χ2n) is 4.97. The van der Waals surface area contributed by atoms with Crippen molar-refractivity contribution in [1.82, 2.24) is 4.90 Å². The highest BCUT2D eigenvalue weighted by Gasteiger charge is 2.18. The predicted octanol–water partition coefficient (Wildman–Crippen LogP) is 3.87. The minimum absolute atomic E-state index is 0.185. The standard InChI is InChI=1S/C14H20BrFN2/c1-18-9-3-2-4-12(18)7-8-17-14-10-11(15)5-6-13(14)16/h5-6,10,12,17H,2-4,7-9H2,1H3. The maximum Gasteiger partial charge on any atom is 0.146 e. The molecule has 1 aliphatic rings. The first-order valence-electron chi connectivity index (χ1n) is 6.56. The number of anilines is 1. The minimum atomic E-state index is -0.185. The molecule has 0 aliphatic carbocycles. The van der Waals surface area contributed by atoms with Crippen molar-refractivity contribution in [2.75, 3.05) is 25.5 Å². The molecule has 0 bridgehead atoms. The van der Waals surface area contributed by atoms with Crippen molar-refractivity contribution in [2.45, 2.75) is 31.7 Å². The van der Waals surface area contributed by atoms with Crippen LogP contribution in [0.25, 0.3) is 0 Å². The quantitative estimate of drug-likeness (QED) is 0.907. The number of halogens is 2. The van der Waals surface area contributed by atoms with Crippen LogP contribution in [-0.4, -0.2) is 31.1 Å². The van der Waals surface area contributed by atoms with Gasteiger partial charge in [0.1, 0.15) is 5.82 Å². The van der Waals surface area contributed by atoms with Crippen molar-refractivity contribution < 1.29 is 4.39 Å². The molecule has 1 heterocycles. The summed E-state index contributed by atoms with van der Waals surface area (Å²) in [4.78, 5) is 2.42. The van der Waals surface area contributed by atoms with E-state index < -0.39 is 0 Å². The molecular formula is C14H20BrFN2. The van der Waals surface area contributed by atoms with E-state index in [9.17, 15) is 4.39 Å². The van der Waals surface area contributed by atoms with E-state index in [0.29, 0.717) is 11.7 Å². The molecule has 0 saturated carbocycles. The van der Waals surface area contributed by atoms with E-state index in [1.165, 1.54) is 31.9 Å². The monoisotopic (exact) mass is 314 g/mol. The summed E-state index contributed by atoms with van der Waals surface area (Å²) < 4.78 is 14.4. The van der Waals surface area contributed by atoms with Crippen molar-refractivity contribution in [3.63, 3.8) is 0 Å². The lowest BCUT2D eigenvalue weighted by atomic mass is 10.0. The van der Waals surface area contributed by atoms with Gasteiger partial charge in [0.25, 0.3) is 0 Å². The zero-order valence-electron chi connectivity index (χ0n) is 10.8. The number of rotatable bonds is 4. The van der Waals surface area contributed by atoms with Crippen molar-refractivity contribution >= 4 is 21.6 Å². The predicted molar refractivity (Wildman–Crippen MR) is 77.5 cm³/mol.